The van der Waals surface area contributed by atoms with Crippen LogP contribution in [-0.4, -0.2) is 26.5 Å². The van der Waals surface area contributed by atoms with Gasteiger partial charge in [0.05, 0.1) is 26.1 Å². The van der Waals surface area contributed by atoms with Gasteiger partial charge in [-0.15, -0.1) is 0 Å². The lowest BCUT2D eigenvalue weighted by Gasteiger charge is -2.13. The van der Waals surface area contributed by atoms with Gasteiger partial charge < -0.3 is 18.5 Å². The smallest absolute Gasteiger partial charge is 0.437 e. The fourth-order valence-electron chi connectivity index (χ4n) is 0.894. The van der Waals surface area contributed by atoms with Gasteiger partial charge in [-0.05, 0) is 20.8 Å². The molecule has 0 N–H and O–H groups in total. The van der Waals surface area contributed by atoms with Crippen LogP contribution in [0.1, 0.15) is 20.8 Å². The maximum absolute atomic E-state index is 11.9. The van der Waals surface area contributed by atoms with Crippen LogP contribution in [-0.2, 0) is 23.1 Å². The van der Waals surface area contributed by atoms with Crippen molar-refractivity contribution in [2.45, 2.75) is 20.8 Å². The Labute approximate surface area is 95.0 Å². The quantitative estimate of drug-likeness (QED) is 0.411. The van der Waals surface area contributed by atoms with Crippen LogP contribution in [0, 0.1) is 0 Å². The highest BCUT2D eigenvalue weighted by Crippen LogP contribution is 2.50. The summed E-state index contributed by atoms with van der Waals surface area (Å²) in [5.74, 6) is 1.26. The molecule has 0 heterocycles. The van der Waals surface area contributed by atoms with Crippen molar-refractivity contribution in [3.63, 3.8) is 0 Å². The fraction of sp³-hybridized carbons (Fsp3) is 0.667. The molecule has 0 saturated heterocycles. The van der Waals surface area contributed by atoms with E-state index in [0.29, 0.717) is 0 Å². The van der Waals surface area contributed by atoms with Gasteiger partial charge in [0.25, 0.3) is 0 Å². The highest BCUT2D eigenvalue weighted by molar-refractivity contribution is 7.57. The third-order valence-electron chi connectivity index (χ3n) is 1.37. The predicted octanol–water partition coefficient (Wildman–Crippen LogP) is 2.90. The van der Waals surface area contributed by atoms with E-state index in [-0.39, 0.29) is 19.0 Å². The molecule has 7 heteroatoms. The Hall–Kier alpha value is -0.840. The molecule has 0 spiro atoms. The Bertz CT molecular complexity index is 288. The SMILES string of the molecule is CCOP(=O)(/C=C(/C)OC(=O)OC)OCC. The lowest BCUT2D eigenvalue weighted by Crippen LogP contribution is -2.03. The minimum Gasteiger partial charge on any atom is -0.437 e. The van der Waals surface area contributed by atoms with Crippen molar-refractivity contribution in [1.82, 2.24) is 0 Å². The van der Waals surface area contributed by atoms with E-state index in [2.05, 4.69) is 9.47 Å². The largest absolute Gasteiger partial charge is 0.513 e. The molecule has 94 valence electrons. The summed E-state index contributed by atoms with van der Waals surface area (Å²) in [6.07, 6.45) is -0.881. The first-order chi connectivity index (χ1) is 7.47. The second-order valence-corrected chi connectivity index (χ2v) is 4.53. The first-order valence-electron chi connectivity index (χ1n) is 4.81. The Morgan fingerprint density at radius 2 is 1.75 bits per heavy atom. The normalized spacial score (nSPS) is 12.4. The number of methoxy groups -OCH3 is 1. The van der Waals surface area contributed by atoms with E-state index < -0.39 is 13.8 Å². The summed E-state index contributed by atoms with van der Waals surface area (Å²) in [4.78, 5) is 10.8. The summed E-state index contributed by atoms with van der Waals surface area (Å²) < 4.78 is 30.8. The minimum absolute atomic E-state index is 0.108. The van der Waals surface area contributed by atoms with E-state index in [1.807, 2.05) is 0 Å². The molecule has 0 amide bonds. The summed E-state index contributed by atoms with van der Waals surface area (Å²) in [6, 6.07) is 0. The van der Waals surface area contributed by atoms with Gasteiger partial charge in [0.1, 0.15) is 5.76 Å². The van der Waals surface area contributed by atoms with Crippen molar-refractivity contribution in [3.05, 3.63) is 11.6 Å². The molecule has 0 rings (SSSR count). The number of carbonyl (C=O) groups is 1. The van der Waals surface area contributed by atoms with Crippen molar-refractivity contribution >= 4 is 13.8 Å². The predicted molar refractivity (Wildman–Crippen MR) is 58.1 cm³/mol. The highest BCUT2D eigenvalue weighted by Gasteiger charge is 2.21. The molecule has 0 aliphatic rings. The molecule has 0 radical (unpaired) electrons. The van der Waals surface area contributed by atoms with Crippen LogP contribution >= 0.6 is 7.60 Å². The van der Waals surface area contributed by atoms with E-state index in [1.54, 1.807) is 13.8 Å². The highest BCUT2D eigenvalue weighted by atomic mass is 31.2. The number of rotatable bonds is 6. The molecular formula is C9H17O6P. The Morgan fingerprint density at radius 3 is 2.12 bits per heavy atom. The first-order valence-corrected chi connectivity index (χ1v) is 6.42. The van der Waals surface area contributed by atoms with Crippen molar-refractivity contribution in [3.8, 4) is 0 Å². The number of allylic oxidation sites excluding steroid dienone is 1. The molecule has 0 bridgehead atoms. The number of hydrogen-bond acceptors (Lipinski definition) is 6. The Balaban J connectivity index is 4.63. The number of hydrogen-bond donors (Lipinski definition) is 0. The summed E-state index contributed by atoms with van der Waals surface area (Å²) in [5, 5.41) is 0. The molecule has 0 aromatic rings. The Morgan fingerprint density at radius 1 is 1.25 bits per heavy atom. The average molecular weight is 252 g/mol. The van der Waals surface area contributed by atoms with E-state index in [4.69, 9.17) is 9.05 Å². The van der Waals surface area contributed by atoms with Crippen LogP contribution in [0.2, 0.25) is 0 Å². The van der Waals surface area contributed by atoms with Crippen LogP contribution < -0.4 is 0 Å². The maximum atomic E-state index is 11.9. The lowest BCUT2D eigenvalue weighted by molar-refractivity contribution is 0.0975. The van der Waals surface area contributed by atoms with Crippen molar-refractivity contribution in [1.29, 1.82) is 0 Å². The molecule has 0 fully saturated rings. The molecule has 0 aromatic heterocycles. The zero-order valence-electron chi connectivity index (χ0n) is 9.89. The second kappa shape index (κ2) is 7.44. The zero-order valence-corrected chi connectivity index (χ0v) is 10.8. The minimum atomic E-state index is -3.34. The standard InChI is InChI=1S/C9H17O6P/c1-5-13-16(11,14-6-2)7-8(3)15-9(10)12-4/h7H,5-6H2,1-4H3/b8-7-. The van der Waals surface area contributed by atoms with Crippen LogP contribution in [0.4, 0.5) is 4.79 Å². The average Bonchev–Trinajstić information content (AvgIpc) is 2.17. The maximum Gasteiger partial charge on any atom is 0.513 e. The molecule has 0 saturated carbocycles. The monoisotopic (exact) mass is 252 g/mol. The van der Waals surface area contributed by atoms with Crippen LogP contribution in [0.3, 0.4) is 0 Å². The van der Waals surface area contributed by atoms with Crippen molar-refractivity contribution in [2.24, 2.45) is 0 Å². The van der Waals surface area contributed by atoms with Gasteiger partial charge in [0.15, 0.2) is 0 Å². The molecular weight excluding hydrogens is 235 g/mol. The summed E-state index contributed by atoms with van der Waals surface area (Å²) >= 11 is 0. The summed E-state index contributed by atoms with van der Waals surface area (Å²) in [7, 11) is -2.16. The third-order valence-corrected chi connectivity index (χ3v) is 3.29. The molecule has 0 aromatic carbocycles. The summed E-state index contributed by atoms with van der Waals surface area (Å²) in [6.45, 7) is 5.31. The zero-order chi connectivity index (χ0) is 12.6. The van der Waals surface area contributed by atoms with Gasteiger partial charge in [0, 0.05) is 0 Å². The molecule has 0 unspecified atom stereocenters. The Kier molecular flexibility index (Phi) is 7.05. The van der Waals surface area contributed by atoms with Gasteiger partial charge in [0.2, 0.25) is 0 Å². The number of ether oxygens (including phenoxy) is 2. The first kappa shape index (κ1) is 15.2. The number of carbonyl (C=O) groups excluding carboxylic acids is 1. The van der Waals surface area contributed by atoms with Gasteiger partial charge in [-0.1, -0.05) is 0 Å². The van der Waals surface area contributed by atoms with E-state index in [9.17, 15) is 9.36 Å². The second-order valence-electron chi connectivity index (χ2n) is 2.67. The van der Waals surface area contributed by atoms with Gasteiger partial charge in [-0.25, -0.2) is 4.79 Å². The van der Waals surface area contributed by atoms with Gasteiger partial charge in [-0.2, -0.15) is 0 Å². The third kappa shape index (κ3) is 5.90. The van der Waals surface area contributed by atoms with Gasteiger partial charge >= 0.3 is 13.8 Å². The van der Waals surface area contributed by atoms with Crippen LogP contribution in [0.15, 0.2) is 11.6 Å². The van der Waals surface area contributed by atoms with Gasteiger partial charge in [-0.3, -0.25) is 4.57 Å². The van der Waals surface area contributed by atoms with Crippen molar-refractivity contribution < 1.29 is 27.9 Å². The van der Waals surface area contributed by atoms with E-state index >= 15 is 0 Å². The topological polar surface area (TPSA) is 71.1 Å². The van der Waals surface area contributed by atoms with E-state index in [1.165, 1.54) is 14.0 Å². The molecule has 0 aliphatic carbocycles. The van der Waals surface area contributed by atoms with E-state index in [0.717, 1.165) is 5.82 Å². The van der Waals surface area contributed by atoms with Crippen molar-refractivity contribution in [2.75, 3.05) is 20.3 Å². The molecule has 0 atom stereocenters. The lowest BCUT2D eigenvalue weighted by atomic mass is 10.7. The molecule has 0 aliphatic heterocycles. The van der Waals surface area contributed by atoms with Crippen LogP contribution in [0.25, 0.3) is 0 Å². The fourth-order valence-corrected chi connectivity index (χ4v) is 2.34. The van der Waals surface area contributed by atoms with Crippen LogP contribution in [0.5, 0.6) is 0 Å². The molecule has 6 nitrogen and oxygen atoms in total. The molecule has 16 heavy (non-hydrogen) atoms. The summed E-state index contributed by atoms with van der Waals surface area (Å²) in [5.41, 5.74) is 0.